The van der Waals surface area contributed by atoms with Gasteiger partial charge in [0.05, 0.1) is 17.9 Å². The van der Waals surface area contributed by atoms with Crippen molar-refractivity contribution in [2.45, 2.75) is 52.1 Å². The summed E-state index contributed by atoms with van der Waals surface area (Å²) in [7, 11) is 0. The lowest BCUT2D eigenvalue weighted by Crippen LogP contribution is -2.49. The zero-order valence-corrected chi connectivity index (χ0v) is 22.3. The zero-order chi connectivity index (χ0) is 26.3. The topological polar surface area (TPSA) is 122 Å². The van der Waals surface area contributed by atoms with Gasteiger partial charge in [-0.15, -0.1) is 0 Å². The Morgan fingerprint density at radius 2 is 2.14 bits per heavy atom. The SMILES string of the molecule is CCC(=N)C(=C(C)N)c1ccc(NC(=O)[C@H]2NC(c3ccnn3CCSC)=C3CC3C2C2CC2)nc1F. The van der Waals surface area contributed by atoms with E-state index in [1.807, 2.05) is 23.9 Å². The molecule has 1 amide bonds. The van der Waals surface area contributed by atoms with Gasteiger partial charge >= 0.3 is 0 Å². The minimum Gasteiger partial charge on any atom is -0.402 e. The predicted molar refractivity (Wildman–Crippen MR) is 146 cm³/mol. The van der Waals surface area contributed by atoms with Crippen molar-refractivity contribution >= 4 is 40.5 Å². The summed E-state index contributed by atoms with van der Waals surface area (Å²) in [4.78, 5) is 17.6. The Morgan fingerprint density at radius 3 is 2.78 bits per heavy atom. The summed E-state index contributed by atoms with van der Waals surface area (Å²) in [6.07, 6.45) is 7.58. The van der Waals surface area contributed by atoms with Crippen molar-refractivity contribution in [1.29, 1.82) is 5.41 Å². The second-order valence-electron chi connectivity index (χ2n) is 10.1. The van der Waals surface area contributed by atoms with E-state index in [2.05, 4.69) is 27.0 Å². The van der Waals surface area contributed by atoms with Gasteiger partial charge in [-0.25, -0.2) is 4.98 Å². The summed E-state index contributed by atoms with van der Waals surface area (Å²) in [6, 6.07) is 4.69. The molecule has 10 heteroatoms. The smallest absolute Gasteiger partial charge is 0.248 e. The Kier molecular flexibility index (Phi) is 7.11. The Labute approximate surface area is 220 Å². The number of halogens is 1. The van der Waals surface area contributed by atoms with E-state index in [0.29, 0.717) is 29.5 Å². The molecule has 2 aliphatic carbocycles. The van der Waals surface area contributed by atoms with Crippen LogP contribution in [0.3, 0.4) is 0 Å². The number of allylic oxidation sites excluding steroid dienone is 3. The van der Waals surface area contributed by atoms with E-state index in [1.54, 1.807) is 24.8 Å². The number of aromatic nitrogens is 3. The lowest BCUT2D eigenvalue weighted by atomic mass is 9.85. The lowest BCUT2D eigenvalue weighted by Gasteiger charge is -2.32. The number of pyridine rings is 1. The molecule has 2 saturated carbocycles. The maximum atomic E-state index is 15.0. The summed E-state index contributed by atoms with van der Waals surface area (Å²) in [5.41, 5.74) is 10.5. The van der Waals surface area contributed by atoms with Crippen LogP contribution in [0.5, 0.6) is 0 Å². The summed E-state index contributed by atoms with van der Waals surface area (Å²) in [5, 5.41) is 19.1. The molecule has 8 nitrogen and oxygen atoms in total. The molecule has 0 saturated heterocycles. The quantitative estimate of drug-likeness (QED) is 0.273. The highest BCUT2D eigenvalue weighted by molar-refractivity contribution is 7.98. The summed E-state index contributed by atoms with van der Waals surface area (Å²) >= 11 is 1.77. The van der Waals surface area contributed by atoms with Gasteiger partial charge in [-0.05, 0) is 80.4 Å². The molecule has 0 radical (unpaired) electrons. The molecule has 37 heavy (non-hydrogen) atoms. The first-order chi connectivity index (χ1) is 17.8. The van der Waals surface area contributed by atoms with Gasteiger partial charge in [0, 0.05) is 34.5 Å². The minimum absolute atomic E-state index is 0.150. The molecule has 3 heterocycles. The number of nitrogens with one attached hydrogen (secondary N) is 3. The molecule has 1 aliphatic heterocycles. The van der Waals surface area contributed by atoms with Crippen LogP contribution in [0, 0.1) is 29.1 Å². The Morgan fingerprint density at radius 1 is 1.35 bits per heavy atom. The first-order valence-corrected chi connectivity index (χ1v) is 14.3. The molecule has 2 aromatic heterocycles. The van der Waals surface area contributed by atoms with Crippen LogP contribution in [0.2, 0.25) is 0 Å². The number of carbonyl (C=O) groups excluding carboxylic acids is 1. The molecule has 3 aliphatic rings. The summed E-state index contributed by atoms with van der Waals surface area (Å²) < 4.78 is 17.0. The molecule has 0 aromatic carbocycles. The van der Waals surface area contributed by atoms with Crippen molar-refractivity contribution in [2.75, 3.05) is 17.3 Å². The number of hydrogen-bond donors (Lipinski definition) is 4. The Bertz CT molecular complexity index is 1290. The van der Waals surface area contributed by atoms with Gasteiger partial charge in [0.15, 0.2) is 0 Å². The van der Waals surface area contributed by atoms with Crippen molar-refractivity contribution in [3.8, 4) is 0 Å². The summed E-state index contributed by atoms with van der Waals surface area (Å²) in [6.45, 7) is 4.27. The lowest BCUT2D eigenvalue weighted by molar-refractivity contribution is -0.119. The first-order valence-electron chi connectivity index (χ1n) is 12.9. The largest absolute Gasteiger partial charge is 0.402 e. The monoisotopic (exact) mass is 523 g/mol. The molecule has 2 fully saturated rings. The van der Waals surface area contributed by atoms with E-state index in [-0.39, 0.29) is 28.9 Å². The van der Waals surface area contributed by atoms with E-state index in [9.17, 15) is 4.79 Å². The van der Waals surface area contributed by atoms with Gasteiger partial charge in [-0.2, -0.15) is 21.3 Å². The van der Waals surface area contributed by atoms with Gasteiger partial charge in [-0.3, -0.25) is 9.48 Å². The number of nitrogens with two attached hydrogens (primary N) is 1. The average Bonchev–Trinajstić information content (AvgIpc) is 3.80. The third kappa shape index (κ3) is 5.03. The molecule has 0 bridgehead atoms. The zero-order valence-electron chi connectivity index (χ0n) is 21.5. The Hall–Kier alpha value is -3.14. The maximum absolute atomic E-state index is 15.0. The number of nitrogens with zero attached hydrogens (tertiary/aromatic N) is 3. The number of thioether (sulfide) groups is 1. The second kappa shape index (κ2) is 10.3. The fourth-order valence-corrected chi connectivity index (χ4v) is 5.91. The van der Waals surface area contributed by atoms with Crippen LogP contribution in [0.25, 0.3) is 11.3 Å². The van der Waals surface area contributed by atoms with Crippen LogP contribution >= 0.6 is 11.8 Å². The van der Waals surface area contributed by atoms with Gasteiger partial charge in [0.25, 0.3) is 0 Å². The van der Waals surface area contributed by atoms with E-state index < -0.39 is 12.0 Å². The minimum atomic E-state index is -0.756. The number of rotatable bonds is 10. The number of anilines is 1. The van der Waals surface area contributed by atoms with Crippen LogP contribution in [0.15, 0.2) is 35.7 Å². The highest BCUT2D eigenvalue weighted by atomic mass is 32.2. The molecule has 196 valence electrons. The molecule has 5 rings (SSSR count). The molecular formula is C27H34FN7OS. The van der Waals surface area contributed by atoms with Gasteiger partial charge in [0.2, 0.25) is 11.9 Å². The number of aryl methyl sites for hydroxylation is 1. The number of carbonyl (C=O) groups is 1. The molecule has 2 aromatic rings. The fourth-order valence-electron chi connectivity index (χ4n) is 5.56. The number of fused-ring (bicyclic) bond motifs is 1. The fraction of sp³-hybridized carbons (Fsp3) is 0.481. The summed E-state index contributed by atoms with van der Waals surface area (Å²) in [5.74, 6) is 1.30. The van der Waals surface area contributed by atoms with Crippen molar-refractivity contribution in [3.05, 3.63) is 52.9 Å². The van der Waals surface area contributed by atoms with Crippen molar-refractivity contribution in [3.63, 3.8) is 0 Å². The molecule has 0 spiro atoms. The molecular weight excluding hydrogens is 489 g/mol. The Balaban J connectivity index is 1.38. The second-order valence-corrected chi connectivity index (χ2v) is 11.1. The number of hydrogen-bond acceptors (Lipinski definition) is 7. The van der Waals surface area contributed by atoms with Crippen LogP contribution < -0.4 is 16.4 Å². The van der Waals surface area contributed by atoms with E-state index in [1.165, 1.54) is 11.6 Å². The predicted octanol–water partition coefficient (Wildman–Crippen LogP) is 4.27. The average molecular weight is 524 g/mol. The van der Waals surface area contributed by atoms with Gasteiger partial charge < -0.3 is 21.8 Å². The standard InChI is InChI=1S/C27H34FN7OS/c1-4-19(30)22(14(2)29)16-7-8-21(32-26(16)28)33-27(36)25-23(15-5-6-15)17-13-18(17)24(34-25)20-9-10-31-35(20)11-12-37-3/h7-10,15,17,23,25,30,34H,4-6,11-13,29H2,1-3H3,(H,32,33,36)/t17?,23?,25-/m0/s1. The van der Waals surface area contributed by atoms with Crippen molar-refractivity contribution in [1.82, 2.24) is 20.1 Å². The van der Waals surface area contributed by atoms with Crippen LogP contribution in [-0.2, 0) is 11.3 Å². The highest BCUT2D eigenvalue weighted by Gasteiger charge is 2.55. The van der Waals surface area contributed by atoms with Gasteiger partial charge in [0.1, 0.15) is 11.9 Å². The van der Waals surface area contributed by atoms with Crippen molar-refractivity contribution in [2.24, 2.45) is 23.5 Å². The van der Waals surface area contributed by atoms with E-state index in [0.717, 1.165) is 43.0 Å². The van der Waals surface area contributed by atoms with Crippen LogP contribution in [-0.4, -0.2) is 44.4 Å². The first kappa shape index (κ1) is 25.5. The normalized spacial score (nSPS) is 23.2. The van der Waals surface area contributed by atoms with Crippen LogP contribution in [0.1, 0.15) is 50.8 Å². The molecule has 5 N–H and O–H groups in total. The van der Waals surface area contributed by atoms with E-state index in [4.69, 9.17) is 11.1 Å². The number of amides is 1. The molecule has 2 unspecified atom stereocenters. The van der Waals surface area contributed by atoms with Crippen LogP contribution in [0.4, 0.5) is 10.2 Å². The maximum Gasteiger partial charge on any atom is 0.248 e. The third-order valence-corrected chi connectivity index (χ3v) is 8.14. The van der Waals surface area contributed by atoms with Gasteiger partial charge in [-0.1, -0.05) is 6.92 Å². The third-order valence-electron chi connectivity index (χ3n) is 7.55. The highest BCUT2D eigenvalue weighted by Crippen LogP contribution is 2.58. The molecule has 3 atom stereocenters. The van der Waals surface area contributed by atoms with Crippen molar-refractivity contribution < 1.29 is 9.18 Å². The van der Waals surface area contributed by atoms with E-state index >= 15 is 4.39 Å².